The molecule has 0 spiro atoms. The highest BCUT2D eigenvalue weighted by Crippen LogP contribution is 2.37. The van der Waals surface area contributed by atoms with E-state index in [9.17, 15) is 0 Å². The monoisotopic (exact) mass is 229 g/mol. The molecular weight excluding hydrogens is 214 g/mol. The largest absolute Gasteiger partial charge is 0.349 e. The summed E-state index contributed by atoms with van der Waals surface area (Å²) in [6.07, 6.45) is 7.72. The zero-order valence-electron chi connectivity index (χ0n) is 9.58. The maximum atomic E-state index is 8.71. The first-order valence-corrected chi connectivity index (χ1v) is 6.04. The Bertz CT molecular complexity index is 435. The number of anilines is 1. The molecule has 2 aliphatic heterocycles. The van der Waals surface area contributed by atoms with Crippen molar-refractivity contribution in [2.24, 2.45) is 5.73 Å². The van der Waals surface area contributed by atoms with E-state index in [0.717, 1.165) is 18.7 Å². The predicted molar refractivity (Wildman–Crippen MR) is 63.2 cm³/mol. The number of rotatable bonds is 1. The van der Waals surface area contributed by atoms with Gasteiger partial charge in [0.15, 0.2) is 5.69 Å². The minimum atomic E-state index is 0.329. The van der Waals surface area contributed by atoms with Gasteiger partial charge in [-0.25, -0.2) is 9.97 Å². The third-order valence-electron chi connectivity index (χ3n) is 3.79. The summed E-state index contributed by atoms with van der Waals surface area (Å²) in [7, 11) is 0. The molecule has 5 nitrogen and oxygen atoms in total. The Morgan fingerprint density at radius 1 is 1.24 bits per heavy atom. The molecule has 2 unspecified atom stereocenters. The standard InChI is InChI=1S/C12H15N5/c13-5-9-6-16-12(7-15-9)17-10-1-2-11(17)4-8(14)3-10/h6-8,10-11H,1-4,14H2. The number of nitriles is 1. The molecule has 0 saturated carbocycles. The normalized spacial score (nSPS) is 31.3. The van der Waals surface area contributed by atoms with Crippen molar-refractivity contribution in [2.75, 3.05) is 4.90 Å². The van der Waals surface area contributed by atoms with Crippen molar-refractivity contribution >= 4 is 5.82 Å². The molecule has 1 aromatic rings. The van der Waals surface area contributed by atoms with Crippen LogP contribution in [0.4, 0.5) is 5.82 Å². The molecule has 5 heteroatoms. The third-order valence-corrected chi connectivity index (χ3v) is 3.79. The van der Waals surface area contributed by atoms with Crippen LogP contribution in [0.3, 0.4) is 0 Å². The first kappa shape index (κ1) is 10.5. The van der Waals surface area contributed by atoms with Gasteiger partial charge in [-0.15, -0.1) is 0 Å². The van der Waals surface area contributed by atoms with E-state index in [1.807, 2.05) is 6.07 Å². The van der Waals surface area contributed by atoms with Crippen LogP contribution >= 0.6 is 0 Å². The molecule has 2 atom stereocenters. The Labute approximate surface area is 100 Å². The van der Waals surface area contributed by atoms with Crippen LogP contribution in [-0.4, -0.2) is 28.1 Å². The van der Waals surface area contributed by atoms with E-state index in [4.69, 9.17) is 11.0 Å². The van der Waals surface area contributed by atoms with Gasteiger partial charge < -0.3 is 10.6 Å². The lowest BCUT2D eigenvalue weighted by Gasteiger charge is -2.38. The van der Waals surface area contributed by atoms with Gasteiger partial charge >= 0.3 is 0 Å². The van der Waals surface area contributed by atoms with Crippen LogP contribution in [0, 0.1) is 11.3 Å². The van der Waals surface area contributed by atoms with Crippen LogP contribution in [0.1, 0.15) is 31.4 Å². The lowest BCUT2D eigenvalue weighted by atomic mass is 9.98. The van der Waals surface area contributed by atoms with Crippen molar-refractivity contribution in [1.82, 2.24) is 9.97 Å². The maximum absolute atomic E-state index is 8.71. The SMILES string of the molecule is N#Cc1cnc(N2C3CCC2CC(N)C3)cn1. The molecule has 2 N–H and O–H groups in total. The molecule has 2 aliphatic rings. The summed E-state index contributed by atoms with van der Waals surface area (Å²) in [5, 5.41) is 8.71. The number of fused-ring (bicyclic) bond motifs is 2. The lowest BCUT2D eigenvalue weighted by molar-refractivity contribution is 0.412. The van der Waals surface area contributed by atoms with Crippen LogP contribution in [0.25, 0.3) is 0 Å². The highest BCUT2D eigenvalue weighted by Gasteiger charge is 2.40. The van der Waals surface area contributed by atoms with Gasteiger partial charge in [0.2, 0.25) is 0 Å². The average Bonchev–Trinajstić information content (AvgIpc) is 2.62. The van der Waals surface area contributed by atoms with Crippen molar-refractivity contribution in [3.63, 3.8) is 0 Å². The smallest absolute Gasteiger partial charge is 0.158 e. The van der Waals surface area contributed by atoms with Crippen molar-refractivity contribution in [2.45, 2.75) is 43.8 Å². The van der Waals surface area contributed by atoms with E-state index in [1.165, 1.54) is 12.8 Å². The van der Waals surface area contributed by atoms with Gasteiger partial charge in [-0.1, -0.05) is 0 Å². The fraction of sp³-hybridized carbons (Fsp3) is 0.583. The summed E-state index contributed by atoms with van der Waals surface area (Å²) >= 11 is 0. The Morgan fingerprint density at radius 2 is 1.94 bits per heavy atom. The fourth-order valence-corrected chi connectivity index (χ4v) is 3.11. The van der Waals surface area contributed by atoms with Crippen LogP contribution in [0.15, 0.2) is 12.4 Å². The van der Waals surface area contributed by atoms with Crippen LogP contribution in [0.5, 0.6) is 0 Å². The van der Waals surface area contributed by atoms with E-state index < -0.39 is 0 Å². The zero-order valence-corrected chi connectivity index (χ0v) is 9.58. The highest BCUT2D eigenvalue weighted by atomic mass is 15.3. The molecule has 0 aliphatic carbocycles. The fourth-order valence-electron chi connectivity index (χ4n) is 3.11. The summed E-state index contributed by atoms with van der Waals surface area (Å²) in [5.41, 5.74) is 6.41. The molecule has 0 aromatic carbocycles. The predicted octanol–water partition coefficient (Wildman–Crippen LogP) is 0.807. The number of nitrogens with two attached hydrogens (primary N) is 1. The molecular formula is C12H15N5. The second-order valence-electron chi connectivity index (χ2n) is 4.90. The Morgan fingerprint density at radius 3 is 2.47 bits per heavy atom. The first-order chi connectivity index (χ1) is 8.28. The van der Waals surface area contributed by atoms with Crippen LogP contribution in [0.2, 0.25) is 0 Å². The van der Waals surface area contributed by atoms with E-state index in [-0.39, 0.29) is 0 Å². The second kappa shape index (κ2) is 3.97. The molecule has 3 heterocycles. The van der Waals surface area contributed by atoms with Crippen molar-refractivity contribution < 1.29 is 0 Å². The highest BCUT2D eigenvalue weighted by molar-refractivity contribution is 5.43. The molecule has 1 aromatic heterocycles. The minimum absolute atomic E-state index is 0.329. The van der Waals surface area contributed by atoms with Gasteiger partial charge in [-0.3, -0.25) is 0 Å². The van der Waals surface area contributed by atoms with Gasteiger partial charge in [-0.05, 0) is 25.7 Å². The second-order valence-corrected chi connectivity index (χ2v) is 4.90. The minimum Gasteiger partial charge on any atom is -0.349 e. The maximum Gasteiger partial charge on any atom is 0.158 e. The molecule has 0 amide bonds. The van der Waals surface area contributed by atoms with Gasteiger partial charge in [0.25, 0.3) is 0 Å². The summed E-state index contributed by atoms with van der Waals surface area (Å²) in [4.78, 5) is 10.8. The number of piperidine rings is 1. The molecule has 0 radical (unpaired) electrons. The zero-order chi connectivity index (χ0) is 11.8. The van der Waals surface area contributed by atoms with Crippen LogP contribution < -0.4 is 10.6 Å². The summed E-state index contributed by atoms with van der Waals surface area (Å²) in [6, 6.07) is 3.33. The topological polar surface area (TPSA) is 78.8 Å². The number of hydrogen-bond acceptors (Lipinski definition) is 5. The summed E-state index contributed by atoms with van der Waals surface area (Å²) in [5.74, 6) is 0.892. The van der Waals surface area contributed by atoms with Crippen molar-refractivity contribution in [3.05, 3.63) is 18.1 Å². The molecule has 3 rings (SSSR count). The number of aromatic nitrogens is 2. The van der Waals surface area contributed by atoms with E-state index in [1.54, 1.807) is 12.4 Å². The number of nitrogens with zero attached hydrogens (tertiary/aromatic N) is 4. The Kier molecular flexibility index (Phi) is 2.45. The quantitative estimate of drug-likeness (QED) is 0.770. The molecule has 2 bridgehead atoms. The van der Waals surface area contributed by atoms with Crippen molar-refractivity contribution in [3.8, 4) is 6.07 Å². The lowest BCUT2D eigenvalue weighted by Crippen LogP contribution is -2.47. The van der Waals surface area contributed by atoms with Crippen molar-refractivity contribution in [1.29, 1.82) is 5.26 Å². The van der Waals surface area contributed by atoms with E-state index >= 15 is 0 Å². The molecule has 2 saturated heterocycles. The van der Waals surface area contributed by atoms with E-state index in [0.29, 0.717) is 23.8 Å². The van der Waals surface area contributed by atoms with E-state index in [2.05, 4.69) is 14.9 Å². The van der Waals surface area contributed by atoms with Gasteiger partial charge in [0.1, 0.15) is 11.9 Å². The molecule has 17 heavy (non-hydrogen) atoms. The first-order valence-electron chi connectivity index (χ1n) is 6.04. The molecule has 2 fully saturated rings. The Hall–Kier alpha value is -1.67. The van der Waals surface area contributed by atoms with Gasteiger partial charge in [-0.2, -0.15) is 5.26 Å². The number of hydrogen-bond donors (Lipinski definition) is 1. The van der Waals surface area contributed by atoms with Crippen LogP contribution in [-0.2, 0) is 0 Å². The molecule has 88 valence electrons. The van der Waals surface area contributed by atoms with Gasteiger partial charge in [0.05, 0.1) is 12.4 Å². The third kappa shape index (κ3) is 1.75. The Balaban J connectivity index is 1.87. The average molecular weight is 229 g/mol. The summed E-state index contributed by atoms with van der Waals surface area (Å²) < 4.78 is 0. The summed E-state index contributed by atoms with van der Waals surface area (Å²) in [6.45, 7) is 0. The van der Waals surface area contributed by atoms with Gasteiger partial charge in [0, 0.05) is 18.1 Å².